The van der Waals surface area contributed by atoms with Crippen LogP contribution in [0.15, 0.2) is 65.5 Å². The van der Waals surface area contributed by atoms with Gasteiger partial charge in [0.2, 0.25) is 0 Å². The normalized spacial score (nSPS) is 22.5. The van der Waals surface area contributed by atoms with Gasteiger partial charge in [-0.25, -0.2) is 4.79 Å². The van der Waals surface area contributed by atoms with Crippen molar-refractivity contribution in [1.29, 1.82) is 0 Å². The monoisotopic (exact) mass is 294 g/mol. The molecule has 0 aromatic heterocycles. The predicted octanol–water partition coefficient (Wildman–Crippen LogP) is 2.64. The van der Waals surface area contributed by atoms with E-state index in [4.69, 9.17) is 4.74 Å². The molecule has 1 aromatic rings. The first-order valence-corrected chi connectivity index (χ1v) is 7.15. The first-order chi connectivity index (χ1) is 10.8. The third-order valence-corrected chi connectivity index (χ3v) is 4.02. The molecule has 3 aliphatic rings. The maximum absolute atomic E-state index is 11.5. The van der Waals surface area contributed by atoms with Gasteiger partial charge in [0.15, 0.2) is 5.71 Å². The number of carboxylic acid groups (broad SMARTS) is 1. The highest BCUT2D eigenvalue weighted by Gasteiger charge is 2.42. The second-order valence-electron chi connectivity index (χ2n) is 5.35. The van der Waals surface area contributed by atoms with Crippen LogP contribution in [-0.4, -0.2) is 27.8 Å². The zero-order valence-corrected chi connectivity index (χ0v) is 11.7. The first kappa shape index (κ1) is 12.9. The molecule has 0 bridgehead atoms. The summed E-state index contributed by atoms with van der Waals surface area (Å²) >= 11 is 0. The fourth-order valence-corrected chi connectivity index (χ4v) is 3.03. The fraction of sp³-hybridized carbons (Fsp3) is 0.176. The lowest BCUT2D eigenvalue weighted by atomic mass is 9.93. The van der Waals surface area contributed by atoms with E-state index in [2.05, 4.69) is 17.3 Å². The third-order valence-electron chi connectivity index (χ3n) is 4.02. The van der Waals surface area contributed by atoms with Crippen molar-refractivity contribution in [2.24, 2.45) is 5.10 Å². The smallest absolute Gasteiger partial charge is 0.356 e. The molecule has 0 amide bonds. The number of hydrogen-bond acceptors (Lipinski definition) is 4. The van der Waals surface area contributed by atoms with Crippen molar-refractivity contribution in [2.75, 3.05) is 0 Å². The lowest BCUT2D eigenvalue weighted by Crippen LogP contribution is -2.31. The second-order valence-corrected chi connectivity index (χ2v) is 5.35. The van der Waals surface area contributed by atoms with E-state index in [1.165, 1.54) is 6.26 Å². The molecule has 1 aromatic carbocycles. The lowest BCUT2D eigenvalue weighted by Gasteiger charge is -2.32. The van der Waals surface area contributed by atoms with Crippen molar-refractivity contribution < 1.29 is 14.6 Å². The second kappa shape index (κ2) is 4.87. The highest BCUT2D eigenvalue weighted by atomic mass is 16.5. The molecule has 110 valence electrons. The minimum Gasteiger partial charge on any atom is -0.476 e. The molecule has 1 N–H and O–H groups in total. The summed E-state index contributed by atoms with van der Waals surface area (Å²) in [5, 5.41) is 15.6. The number of nitrogens with zero attached hydrogens (tertiary/aromatic N) is 2. The number of fused-ring (bicyclic) bond motifs is 3. The SMILES string of the molecule is O=C(O)C1=NN(C2C=CCC=C2)C2C1=COc1ccccc12. The Morgan fingerprint density at radius 2 is 2.05 bits per heavy atom. The van der Waals surface area contributed by atoms with Crippen molar-refractivity contribution in [1.82, 2.24) is 5.01 Å². The molecule has 0 spiro atoms. The quantitative estimate of drug-likeness (QED) is 0.852. The summed E-state index contributed by atoms with van der Waals surface area (Å²) in [6.45, 7) is 0. The van der Waals surface area contributed by atoms with Crippen molar-refractivity contribution in [3.63, 3.8) is 0 Å². The van der Waals surface area contributed by atoms with E-state index < -0.39 is 5.97 Å². The molecule has 2 heterocycles. The van der Waals surface area contributed by atoms with Crippen LogP contribution in [0.2, 0.25) is 0 Å². The van der Waals surface area contributed by atoms with Gasteiger partial charge in [-0.1, -0.05) is 42.5 Å². The molecule has 1 aliphatic carbocycles. The van der Waals surface area contributed by atoms with Gasteiger partial charge in [-0.05, 0) is 12.5 Å². The molecule has 1 atom stereocenters. The zero-order chi connectivity index (χ0) is 15.1. The number of rotatable bonds is 2. The largest absolute Gasteiger partial charge is 0.476 e. The maximum atomic E-state index is 11.5. The molecule has 5 nitrogen and oxygen atoms in total. The van der Waals surface area contributed by atoms with Crippen molar-refractivity contribution >= 4 is 11.7 Å². The van der Waals surface area contributed by atoms with Gasteiger partial charge < -0.3 is 9.84 Å². The van der Waals surface area contributed by atoms with E-state index in [-0.39, 0.29) is 17.8 Å². The number of benzene rings is 1. The van der Waals surface area contributed by atoms with Crippen LogP contribution in [0.1, 0.15) is 18.0 Å². The Labute approximate surface area is 127 Å². The summed E-state index contributed by atoms with van der Waals surface area (Å²) < 4.78 is 5.58. The Bertz CT molecular complexity index is 749. The zero-order valence-electron chi connectivity index (χ0n) is 11.7. The highest BCUT2D eigenvalue weighted by Crippen LogP contribution is 2.44. The lowest BCUT2D eigenvalue weighted by molar-refractivity contribution is -0.129. The van der Waals surface area contributed by atoms with E-state index in [9.17, 15) is 9.90 Å². The van der Waals surface area contributed by atoms with Gasteiger partial charge in [0.1, 0.15) is 11.8 Å². The number of aliphatic carboxylic acids is 1. The van der Waals surface area contributed by atoms with E-state index >= 15 is 0 Å². The molecule has 0 saturated carbocycles. The van der Waals surface area contributed by atoms with Crippen LogP contribution in [-0.2, 0) is 4.79 Å². The van der Waals surface area contributed by atoms with Gasteiger partial charge in [-0.2, -0.15) is 5.10 Å². The number of carbonyl (C=O) groups is 1. The Morgan fingerprint density at radius 1 is 1.27 bits per heavy atom. The van der Waals surface area contributed by atoms with E-state index in [1.807, 2.05) is 41.4 Å². The fourth-order valence-electron chi connectivity index (χ4n) is 3.03. The molecule has 2 aliphatic heterocycles. The predicted molar refractivity (Wildman–Crippen MR) is 81.5 cm³/mol. The van der Waals surface area contributed by atoms with Gasteiger partial charge in [0, 0.05) is 5.56 Å². The number of ether oxygens (including phenoxy) is 1. The standard InChI is InChI=1S/C17H14N2O3/c20-17(21)15-13-10-22-14-9-5-4-8-12(14)16(13)19(18-15)11-6-2-1-3-7-11/h2-11,16H,1H2,(H,20,21). The van der Waals surface area contributed by atoms with E-state index in [0.29, 0.717) is 5.57 Å². The van der Waals surface area contributed by atoms with Gasteiger partial charge in [0.25, 0.3) is 0 Å². The minimum atomic E-state index is -1.04. The average molecular weight is 294 g/mol. The van der Waals surface area contributed by atoms with E-state index in [1.54, 1.807) is 0 Å². The number of hydrazone groups is 1. The molecule has 4 rings (SSSR count). The average Bonchev–Trinajstić information content (AvgIpc) is 2.96. The van der Waals surface area contributed by atoms with Crippen molar-refractivity contribution in [3.05, 3.63) is 66.0 Å². The van der Waals surface area contributed by atoms with Crippen LogP contribution in [0.4, 0.5) is 0 Å². The molecule has 0 fully saturated rings. The number of carboxylic acids is 1. The Hall–Kier alpha value is -2.82. The van der Waals surface area contributed by atoms with Gasteiger partial charge >= 0.3 is 5.97 Å². The van der Waals surface area contributed by atoms with Crippen LogP contribution in [0.3, 0.4) is 0 Å². The van der Waals surface area contributed by atoms with E-state index in [0.717, 1.165) is 17.7 Å². The Kier molecular flexibility index (Phi) is 2.85. The number of allylic oxidation sites excluding steroid dienone is 2. The van der Waals surface area contributed by atoms with Crippen LogP contribution in [0, 0.1) is 0 Å². The summed E-state index contributed by atoms with van der Waals surface area (Å²) in [5.41, 5.74) is 1.58. The van der Waals surface area contributed by atoms with Crippen LogP contribution in [0.25, 0.3) is 0 Å². The third kappa shape index (κ3) is 1.86. The first-order valence-electron chi connectivity index (χ1n) is 7.15. The maximum Gasteiger partial charge on any atom is 0.356 e. The summed E-state index contributed by atoms with van der Waals surface area (Å²) in [6.07, 6.45) is 10.6. The number of hydrogen-bond donors (Lipinski definition) is 1. The van der Waals surface area contributed by atoms with Crippen molar-refractivity contribution in [3.8, 4) is 5.75 Å². The molecule has 0 saturated heterocycles. The van der Waals surface area contributed by atoms with Crippen LogP contribution in [0.5, 0.6) is 5.75 Å². The molecule has 5 heteroatoms. The molecule has 0 radical (unpaired) electrons. The van der Waals surface area contributed by atoms with Gasteiger partial charge in [0.05, 0.1) is 17.9 Å². The highest BCUT2D eigenvalue weighted by molar-refractivity contribution is 6.43. The molecular formula is C17H14N2O3. The van der Waals surface area contributed by atoms with Gasteiger partial charge in [-0.3, -0.25) is 5.01 Å². The molecular weight excluding hydrogens is 280 g/mol. The minimum absolute atomic E-state index is 0.0480. The molecule has 1 unspecified atom stereocenters. The van der Waals surface area contributed by atoms with Gasteiger partial charge in [-0.15, -0.1) is 0 Å². The Balaban J connectivity index is 1.83. The topological polar surface area (TPSA) is 62.1 Å². The molecule has 22 heavy (non-hydrogen) atoms. The van der Waals surface area contributed by atoms with Crippen molar-refractivity contribution in [2.45, 2.75) is 18.5 Å². The summed E-state index contributed by atoms with van der Waals surface area (Å²) in [6, 6.07) is 7.38. The summed E-state index contributed by atoms with van der Waals surface area (Å²) in [4.78, 5) is 11.5. The van der Waals surface area contributed by atoms with Crippen LogP contribution < -0.4 is 4.74 Å². The summed E-state index contributed by atoms with van der Waals surface area (Å²) in [7, 11) is 0. The summed E-state index contributed by atoms with van der Waals surface area (Å²) in [5.74, 6) is -0.294. The Morgan fingerprint density at radius 3 is 2.82 bits per heavy atom. The van der Waals surface area contributed by atoms with Crippen LogP contribution >= 0.6 is 0 Å². The number of para-hydroxylation sites is 1.